The third-order valence-electron chi connectivity index (χ3n) is 2.68. The number of halogens is 2. The van der Waals surface area contributed by atoms with E-state index in [2.05, 4.69) is 72.1 Å². The minimum Gasteiger partial charge on any atom is -0.363 e. The summed E-state index contributed by atoms with van der Waals surface area (Å²) in [5.74, 6) is 0.690. The molecule has 2 aromatic heterocycles. The van der Waals surface area contributed by atoms with Crippen molar-refractivity contribution in [1.29, 1.82) is 0 Å². The van der Waals surface area contributed by atoms with Gasteiger partial charge in [-0.25, -0.2) is 4.98 Å². The molecule has 0 fully saturated rings. The number of nitrogens with zero attached hydrogens (tertiary/aromatic N) is 2. The van der Waals surface area contributed by atoms with Crippen molar-refractivity contribution in [1.82, 2.24) is 15.0 Å². The zero-order chi connectivity index (χ0) is 13.2. The van der Waals surface area contributed by atoms with Gasteiger partial charge in [-0.2, -0.15) is 4.98 Å². The Hall–Kier alpha value is -1.41. The lowest BCUT2D eigenvalue weighted by atomic mass is 10.2. The number of benzene rings is 1. The summed E-state index contributed by atoms with van der Waals surface area (Å²) >= 11 is 8.17. The Morgan fingerprint density at radius 1 is 1.26 bits per heavy atom. The number of H-pyrrole nitrogens is 2. The van der Waals surface area contributed by atoms with E-state index in [1.54, 1.807) is 6.33 Å². The summed E-state index contributed by atoms with van der Waals surface area (Å²) in [7, 11) is 0. The average molecular weight is 387 g/mol. The number of aromatic nitrogens is 4. The number of fused-ring (bicyclic) bond motifs is 1. The second kappa shape index (κ2) is 5.30. The van der Waals surface area contributed by atoms with E-state index >= 15 is 0 Å². The highest BCUT2D eigenvalue weighted by atomic mass is 127. The highest BCUT2D eigenvalue weighted by Gasteiger charge is 2.14. The molecule has 96 valence electrons. The van der Waals surface area contributed by atoms with Gasteiger partial charge in [0.05, 0.1) is 0 Å². The molecule has 0 aliphatic heterocycles. The van der Waals surface area contributed by atoms with Crippen molar-refractivity contribution in [2.45, 2.75) is 6.54 Å². The van der Waals surface area contributed by atoms with E-state index in [1.165, 1.54) is 9.13 Å². The first-order chi connectivity index (χ1) is 9.22. The van der Waals surface area contributed by atoms with Crippen LogP contribution < -0.4 is 10.3 Å². The lowest BCUT2D eigenvalue weighted by Gasteiger charge is -2.05. The predicted molar refractivity (Wildman–Crippen MR) is 81.9 cm³/mol. The predicted octanol–water partition coefficient (Wildman–Crippen LogP) is 2.64. The van der Waals surface area contributed by atoms with Gasteiger partial charge in [0, 0.05) is 10.1 Å². The molecule has 7 heteroatoms. The molecule has 0 aliphatic rings. The van der Waals surface area contributed by atoms with Crippen LogP contribution in [0.1, 0.15) is 5.56 Å². The second-order valence-electron chi connectivity index (χ2n) is 3.98. The normalized spacial score (nSPS) is 10.8. The van der Waals surface area contributed by atoms with Crippen molar-refractivity contribution in [2.75, 3.05) is 5.32 Å². The van der Waals surface area contributed by atoms with Crippen LogP contribution in [0.5, 0.6) is 0 Å². The maximum Gasteiger partial charge on any atom is 0.306 e. The van der Waals surface area contributed by atoms with Gasteiger partial charge in [0.2, 0.25) is 5.52 Å². The number of nitrogens with one attached hydrogen (secondary N) is 3. The molecule has 0 bridgehead atoms. The molecule has 2 heterocycles. The first kappa shape index (κ1) is 12.6. The Bertz CT molecular complexity index is 710. The van der Waals surface area contributed by atoms with E-state index in [9.17, 15) is 0 Å². The highest BCUT2D eigenvalue weighted by molar-refractivity contribution is 14.1. The summed E-state index contributed by atoms with van der Waals surface area (Å²) in [5.41, 5.74) is 2.68. The summed E-state index contributed by atoms with van der Waals surface area (Å²) < 4.78 is 1.22. The summed E-state index contributed by atoms with van der Waals surface area (Å²) in [5, 5.41) is 3.48. The standard InChI is InChI=1S/C12H9ClIN5/c13-12-18-10(9-11(19-12)17-6-16-9)15-5-7-1-3-8(14)4-2-7/h1-4,6H,5H2,(H2,15,16,17,18,19)/p+1. The van der Waals surface area contributed by atoms with Gasteiger partial charge < -0.3 is 5.32 Å². The summed E-state index contributed by atoms with van der Waals surface area (Å²) in [4.78, 5) is 14.3. The molecular formula is C12H10ClIN5+. The van der Waals surface area contributed by atoms with Crippen LogP contribution >= 0.6 is 34.2 Å². The Morgan fingerprint density at radius 2 is 2.05 bits per heavy atom. The summed E-state index contributed by atoms with van der Waals surface area (Å²) in [6.45, 7) is 0.679. The highest BCUT2D eigenvalue weighted by Crippen LogP contribution is 2.18. The quantitative estimate of drug-likeness (QED) is 0.537. The fourth-order valence-electron chi connectivity index (χ4n) is 1.77. The Kier molecular flexibility index (Phi) is 3.52. The van der Waals surface area contributed by atoms with Gasteiger partial charge in [0.1, 0.15) is 0 Å². The maximum absolute atomic E-state index is 5.89. The van der Waals surface area contributed by atoms with Crippen molar-refractivity contribution in [3.05, 3.63) is 45.0 Å². The lowest BCUT2D eigenvalue weighted by molar-refractivity contribution is -0.347. The molecule has 1 aromatic carbocycles. The molecule has 5 nitrogen and oxygen atoms in total. The summed E-state index contributed by atoms with van der Waals surface area (Å²) in [6.07, 6.45) is 1.70. The van der Waals surface area contributed by atoms with E-state index in [-0.39, 0.29) is 5.28 Å². The lowest BCUT2D eigenvalue weighted by Crippen LogP contribution is -2.05. The molecule has 0 unspecified atom stereocenters. The largest absolute Gasteiger partial charge is 0.363 e. The molecule has 3 rings (SSSR count). The van der Waals surface area contributed by atoms with Crippen LogP contribution in [0.3, 0.4) is 0 Å². The van der Waals surface area contributed by atoms with Gasteiger partial charge in [-0.1, -0.05) is 17.1 Å². The summed E-state index contributed by atoms with van der Waals surface area (Å²) in [6, 6.07) is 8.30. The average Bonchev–Trinajstić information content (AvgIpc) is 2.85. The smallest absolute Gasteiger partial charge is 0.306 e. The van der Waals surface area contributed by atoms with Crippen molar-refractivity contribution in [2.24, 2.45) is 0 Å². The molecule has 19 heavy (non-hydrogen) atoms. The molecule has 0 atom stereocenters. The number of aromatic amines is 2. The zero-order valence-electron chi connectivity index (χ0n) is 9.74. The fourth-order valence-corrected chi connectivity index (χ4v) is 2.30. The molecule has 0 radical (unpaired) electrons. The Labute approximate surface area is 128 Å². The number of hydrogen-bond donors (Lipinski definition) is 2. The van der Waals surface area contributed by atoms with Crippen molar-refractivity contribution < 1.29 is 4.98 Å². The molecule has 0 spiro atoms. The van der Waals surface area contributed by atoms with Gasteiger partial charge >= 0.3 is 10.9 Å². The van der Waals surface area contributed by atoms with Crippen LogP contribution in [0.4, 0.5) is 5.82 Å². The molecule has 0 amide bonds. The molecule has 0 aliphatic carbocycles. The van der Waals surface area contributed by atoms with E-state index in [4.69, 9.17) is 11.6 Å². The number of anilines is 1. The number of imidazole rings is 1. The minimum atomic E-state index is 0.216. The van der Waals surface area contributed by atoms with Crippen LogP contribution in [-0.2, 0) is 6.54 Å². The Balaban J connectivity index is 1.85. The third-order valence-corrected chi connectivity index (χ3v) is 3.57. The first-order valence-electron chi connectivity index (χ1n) is 5.63. The third kappa shape index (κ3) is 2.79. The van der Waals surface area contributed by atoms with Gasteiger partial charge in [-0.05, 0) is 51.9 Å². The Morgan fingerprint density at radius 3 is 2.84 bits per heavy atom. The van der Waals surface area contributed by atoms with Crippen molar-refractivity contribution in [3.63, 3.8) is 0 Å². The molecule has 0 saturated carbocycles. The van der Waals surface area contributed by atoms with Gasteiger partial charge in [0.25, 0.3) is 0 Å². The molecule has 3 N–H and O–H groups in total. The van der Waals surface area contributed by atoms with Gasteiger partial charge in [-0.15, -0.1) is 0 Å². The van der Waals surface area contributed by atoms with E-state index in [0.717, 1.165) is 5.52 Å². The van der Waals surface area contributed by atoms with E-state index < -0.39 is 0 Å². The molecule has 0 saturated heterocycles. The second-order valence-corrected chi connectivity index (χ2v) is 5.56. The maximum atomic E-state index is 5.89. The monoisotopic (exact) mass is 386 g/mol. The van der Waals surface area contributed by atoms with Crippen molar-refractivity contribution >= 4 is 51.2 Å². The molecule has 3 aromatic rings. The first-order valence-corrected chi connectivity index (χ1v) is 7.08. The number of hydrogen-bond acceptors (Lipinski definition) is 3. The van der Waals surface area contributed by atoms with E-state index in [0.29, 0.717) is 18.0 Å². The number of rotatable bonds is 3. The van der Waals surface area contributed by atoms with Crippen LogP contribution in [-0.4, -0.2) is 15.0 Å². The van der Waals surface area contributed by atoms with E-state index in [1.807, 2.05) is 0 Å². The zero-order valence-corrected chi connectivity index (χ0v) is 12.7. The molecular weight excluding hydrogens is 377 g/mol. The van der Waals surface area contributed by atoms with Crippen LogP contribution in [0, 0.1) is 3.57 Å². The van der Waals surface area contributed by atoms with Crippen LogP contribution in [0.25, 0.3) is 11.2 Å². The van der Waals surface area contributed by atoms with Crippen LogP contribution in [0.15, 0.2) is 30.6 Å². The van der Waals surface area contributed by atoms with Gasteiger partial charge in [-0.3, -0.25) is 4.98 Å². The SMILES string of the molecule is Clc1nc(NCc2ccc(I)cc2)c2[nH]c[nH+]c2n1. The fraction of sp³-hybridized carbons (Fsp3) is 0.0833. The van der Waals surface area contributed by atoms with Crippen LogP contribution in [0.2, 0.25) is 5.28 Å². The van der Waals surface area contributed by atoms with Crippen molar-refractivity contribution in [3.8, 4) is 0 Å². The topological polar surface area (TPSA) is 67.7 Å². The minimum absolute atomic E-state index is 0.216. The van der Waals surface area contributed by atoms with Gasteiger partial charge in [0.15, 0.2) is 12.1 Å².